The molecule has 0 radical (unpaired) electrons. The number of amides is 1. The number of rotatable bonds is 1. The van der Waals surface area contributed by atoms with Crippen molar-refractivity contribution in [1.29, 1.82) is 0 Å². The Morgan fingerprint density at radius 2 is 1.82 bits per heavy atom. The van der Waals surface area contributed by atoms with Crippen LogP contribution in [0, 0.1) is 5.92 Å². The zero-order chi connectivity index (χ0) is 15.9. The summed E-state index contributed by atoms with van der Waals surface area (Å²) in [6.45, 7) is 2.47. The lowest BCUT2D eigenvalue weighted by atomic mass is 10.1. The zero-order valence-electron chi connectivity index (χ0n) is 12.5. The Hall–Kier alpha value is -2.20. The third-order valence-corrected chi connectivity index (χ3v) is 4.19. The maximum atomic E-state index is 12.5. The first kappa shape index (κ1) is 14.7. The maximum absolute atomic E-state index is 12.5. The number of anilines is 3. The van der Waals surface area contributed by atoms with E-state index in [2.05, 4.69) is 4.90 Å². The van der Waals surface area contributed by atoms with Gasteiger partial charge in [-0.15, -0.1) is 0 Å². The van der Waals surface area contributed by atoms with Crippen molar-refractivity contribution >= 4 is 34.6 Å². The number of nitrogens with zero attached hydrogens (tertiary/aromatic N) is 2. The van der Waals surface area contributed by atoms with Gasteiger partial charge >= 0.3 is 0 Å². The molecule has 0 saturated heterocycles. The van der Waals surface area contributed by atoms with Gasteiger partial charge in [0.05, 0.1) is 17.3 Å². The zero-order valence-corrected chi connectivity index (χ0v) is 13.2. The van der Waals surface area contributed by atoms with Gasteiger partial charge in [0.15, 0.2) is 0 Å². The Morgan fingerprint density at radius 1 is 1.14 bits per heavy atom. The lowest BCUT2D eigenvalue weighted by Crippen LogP contribution is -2.33. The fourth-order valence-electron chi connectivity index (χ4n) is 2.77. The summed E-state index contributed by atoms with van der Waals surface area (Å²) >= 11 is 6.16. The van der Waals surface area contributed by atoms with Gasteiger partial charge in [-0.1, -0.05) is 18.5 Å². The summed E-state index contributed by atoms with van der Waals surface area (Å²) in [7, 11) is 1.78. The number of hydrogen-bond acceptors (Lipinski definition) is 3. The smallest absolute Gasteiger partial charge is 0.231 e. The van der Waals surface area contributed by atoms with Gasteiger partial charge in [0, 0.05) is 24.3 Å². The summed E-state index contributed by atoms with van der Waals surface area (Å²) in [5.41, 5.74) is 2.63. The monoisotopic (exact) mass is 316 g/mol. The molecule has 1 aliphatic rings. The molecule has 0 aromatic heterocycles. The lowest BCUT2D eigenvalue weighted by molar-refractivity contribution is -0.121. The van der Waals surface area contributed by atoms with Crippen LogP contribution in [0.5, 0.6) is 5.75 Å². The van der Waals surface area contributed by atoms with Gasteiger partial charge in [0.2, 0.25) is 5.91 Å². The Balaban J connectivity index is 2.17. The van der Waals surface area contributed by atoms with Gasteiger partial charge in [-0.05, 0) is 42.5 Å². The molecule has 22 heavy (non-hydrogen) atoms. The summed E-state index contributed by atoms with van der Waals surface area (Å²) in [5, 5.41) is 10.1. The number of carbonyl (C=O) groups is 1. The summed E-state index contributed by atoms with van der Waals surface area (Å²) in [6.07, 6.45) is 0. The molecule has 1 unspecified atom stereocenters. The van der Waals surface area contributed by atoms with Gasteiger partial charge < -0.3 is 14.9 Å². The molecule has 114 valence electrons. The summed E-state index contributed by atoms with van der Waals surface area (Å²) in [4.78, 5) is 16.2. The van der Waals surface area contributed by atoms with Crippen molar-refractivity contribution in [3.05, 3.63) is 47.5 Å². The minimum absolute atomic E-state index is 0.0739. The van der Waals surface area contributed by atoms with E-state index in [0.29, 0.717) is 11.6 Å². The number of phenols is 1. The molecule has 2 aromatic rings. The van der Waals surface area contributed by atoms with Crippen LogP contribution in [0.15, 0.2) is 42.5 Å². The fraction of sp³-hybridized carbons (Fsp3) is 0.235. The summed E-state index contributed by atoms with van der Waals surface area (Å²) in [6, 6.07) is 12.5. The molecule has 0 fully saturated rings. The van der Waals surface area contributed by atoms with E-state index in [1.807, 2.05) is 31.2 Å². The number of carbonyl (C=O) groups excluding carboxylic acids is 1. The highest BCUT2D eigenvalue weighted by molar-refractivity contribution is 6.31. The van der Waals surface area contributed by atoms with Crippen LogP contribution >= 0.6 is 11.6 Å². The molecular formula is C17H17ClN2O2. The first-order chi connectivity index (χ1) is 10.5. The molecule has 5 heteroatoms. The first-order valence-electron chi connectivity index (χ1n) is 7.11. The van der Waals surface area contributed by atoms with E-state index in [0.717, 1.165) is 17.1 Å². The number of halogens is 1. The molecule has 1 heterocycles. The van der Waals surface area contributed by atoms with Crippen LogP contribution in [-0.4, -0.2) is 24.6 Å². The molecule has 1 amide bonds. The topological polar surface area (TPSA) is 43.8 Å². The third-order valence-electron chi connectivity index (χ3n) is 3.96. The second-order valence-electron chi connectivity index (χ2n) is 5.56. The Kier molecular flexibility index (Phi) is 3.71. The standard InChI is InChI=1S/C17H17ClN2O2/c1-11-10-20(13-4-6-14(21)7-5-13)16-9-12(18)3-8-15(16)19(2)17(11)22/h3-9,11,21H,10H2,1-2H3. The second kappa shape index (κ2) is 5.54. The average molecular weight is 317 g/mol. The number of hydrogen-bond donors (Lipinski definition) is 1. The first-order valence-corrected chi connectivity index (χ1v) is 7.49. The van der Waals surface area contributed by atoms with E-state index in [1.54, 1.807) is 30.1 Å². The van der Waals surface area contributed by atoms with E-state index < -0.39 is 0 Å². The van der Waals surface area contributed by atoms with Crippen molar-refractivity contribution in [2.24, 2.45) is 5.92 Å². The minimum Gasteiger partial charge on any atom is -0.508 e. The van der Waals surface area contributed by atoms with E-state index in [9.17, 15) is 9.90 Å². The van der Waals surface area contributed by atoms with Crippen LogP contribution in [0.3, 0.4) is 0 Å². The van der Waals surface area contributed by atoms with Crippen molar-refractivity contribution < 1.29 is 9.90 Å². The molecule has 4 nitrogen and oxygen atoms in total. The van der Waals surface area contributed by atoms with Gasteiger partial charge in [-0.25, -0.2) is 0 Å². The molecule has 2 aromatic carbocycles. The van der Waals surface area contributed by atoms with Gasteiger partial charge in [0.25, 0.3) is 0 Å². The molecular weight excluding hydrogens is 300 g/mol. The SMILES string of the molecule is CC1CN(c2ccc(O)cc2)c2cc(Cl)ccc2N(C)C1=O. The van der Waals surface area contributed by atoms with Gasteiger partial charge in [-0.3, -0.25) is 4.79 Å². The third kappa shape index (κ3) is 2.50. The van der Waals surface area contributed by atoms with Gasteiger partial charge in [0.1, 0.15) is 5.75 Å². The van der Waals surface area contributed by atoms with Crippen LogP contribution < -0.4 is 9.80 Å². The quantitative estimate of drug-likeness (QED) is 0.870. The highest BCUT2D eigenvalue weighted by Gasteiger charge is 2.29. The molecule has 1 aliphatic heterocycles. The lowest BCUT2D eigenvalue weighted by Gasteiger charge is -2.26. The van der Waals surface area contributed by atoms with E-state index >= 15 is 0 Å². The number of aromatic hydroxyl groups is 1. The van der Waals surface area contributed by atoms with Crippen molar-refractivity contribution in [2.45, 2.75) is 6.92 Å². The maximum Gasteiger partial charge on any atom is 0.231 e. The predicted octanol–water partition coefficient (Wildman–Crippen LogP) is 3.80. The van der Waals surface area contributed by atoms with Gasteiger partial charge in [-0.2, -0.15) is 0 Å². The number of benzene rings is 2. The Bertz CT molecular complexity index is 715. The van der Waals surface area contributed by atoms with Crippen molar-refractivity contribution in [1.82, 2.24) is 0 Å². The average Bonchev–Trinajstić information content (AvgIpc) is 2.59. The molecule has 0 saturated carbocycles. The largest absolute Gasteiger partial charge is 0.508 e. The Labute approximate surface area is 134 Å². The van der Waals surface area contributed by atoms with Crippen molar-refractivity contribution in [2.75, 3.05) is 23.4 Å². The minimum atomic E-state index is -0.148. The summed E-state index contributed by atoms with van der Waals surface area (Å²) < 4.78 is 0. The van der Waals surface area contributed by atoms with Crippen LogP contribution in [0.2, 0.25) is 5.02 Å². The van der Waals surface area contributed by atoms with Crippen LogP contribution in [0.25, 0.3) is 0 Å². The van der Waals surface area contributed by atoms with E-state index in [4.69, 9.17) is 11.6 Å². The molecule has 1 N–H and O–H groups in total. The van der Waals surface area contributed by atoms with Crippen LogP contribution in [0.4, 0.5) is 17.1 Å². The van der Waals surface area contributed by atoms with Crippen molar-refractivity contribution in [3.63, 3.8) is 0 Å². The molecule has 3 rings (SSSR count). The number of fused-ring (bicyclic) bond motifs is 1. The highest BCUT2D eigenvalue weighted by atomic mass is 35.5. The molecule has 0 spiro atoms. The van der Waals surface area contributed by atoms with Crippen LogP contribution in [-0.2, 0) is 4.79 Å². The van der Waals surface area contributed by atoms with E-state index in [1.165, 1.54) is 0 Å². The molecule has 0 bridgehead atoms. The summed E-state index contributed by atoms with van der Waals surface area (Å²) in [5.74, 6) is 0.140. The highest BCUT2D eigenvalue weighted by Crippen LogP contribution is 2.39. The fourth-order valence-corrected chi connectivity index (χ4v) is 2.94. The van der Waals surface area contributed by atoms with E-state index in [-0.39, 0.29) is 17.6 Å². The van der Waals surface area contributed by atoms with Crippen LogP contribution in [0.1, 0.15) is 6.92 Å². The molecule has 0 aliphatic carbocycles. The predicted molar refractivity (Wildman–Crippen MR) is 89.1 cm³/mol. The second-order valence-corrected chi connectivity index (χ2v) is 5.99. The van der Waals surface area contributed by atoms with Crippen molar-refractivity contribution in [3.8, 4) is 5.75 Å². The number of phenolic OH excluding ortho intramolecular Hbond substituents is 1. The normalized spacial score (nSPS) is 18.1. The Morgan fingerprint density at radius 3 is 2.50 bits per heavy atom. The molecule has 1 atom stereocenters.